The molecule has 1 aliphatic rings. The maximum atomic E-state index is 12.4. The van der Waals surface area contributed by atoms with Crippen LogP contribution in [0.3, 0.4) is 0 Å². The molecule has 1 fully saturated rings. The molecule has 5 heteroatoms. The van der Waals surface area contributed by atoms with Crippen molar-refractivity contribution in [2.75, 3.05) is 5.32 Å². The van der Waals surface area contributed by atoms with E-state index < -0.39 is 0 Å². The number of anilines is 1. The van der Waals surface area contributed by atoms with Crippen LogP contribution in [0.25, 0.3) is 0 Å². The number of hydrogen-bond acceptors (Lipinski definition) is 3. The smallest absolute Gasteiger partial charge is 0.227 e. The molecule has 1 aliphatic heterocycles. The van der Waals surface area contributed by atoms with E-state index >= 15 is 0 Å². The summed E-state index contributed by atoms with van der Waals surface area (Å²) in [6, 6.07) is 6.82. The predicted octanol–water partition coefficient (Wildman–Crippen LogP) is 2.26. The van der Waals surface area contributed by atoms with Crippen LogP contribution in [0.15, 0.2) is 36.5 Å². The van der Waals surface area contributed by atoms with Gasteiger partial charge in [0.1, 0.15) is 0 Å². The molecule has 1 aromatic rings. The SMILES string of the molecule is C=C1CCC(CC(=O)c2ccccc2NC(C)=O)C(=O)N1. The van der Waals surface area contributed by atoms with Crippen LogP contribution < -0.4 is 10.6 Å². The summed E-state index contributed by atoms with van der Waals surface area (Å²) in [6.45, 7) is 5.11. The van der Waals surface area contributed by atoms with Gasteiger partial charge in [-0.15, -0.1) is 0 Å². The predicted molar refractivity (Wildman–Crippen MR) is 79.7 cm³/mol. The molecule has 1 saturated heterocycles. The molecule has 1 unspecified atom stereocenters. The second-order valence-corrected chi connectivity index (χ2v) is 5.18. The highest BCUT2D eigenvalue weighted by Gasteiger charge is 2.27. The van der Waals surface area contributed by atoms with E-state index in [9.17, 15) is 14.4 Å². The van der Waals surface area contributed by atoms with Gasteiger partial charge in [0.15, 0.2) is 5.78 Å². The van der Waals surface area contributed by atoms with Crippen molar-refractivity contribution in [1.82, 2.24) is 5.32 Å². The molecule has 1 heterocycles. The van der Waals surface area contributed by atoms with E-state index in [2.05, 4.69) is 17.2 Å². The average molecular weight is 286 g/mol. The molecule has 2 rings (SSSR count). The summed E-state index contributed by atoms with van der Waals surface area (Å²) in [5.74, 6) is -0.876. The van der Waals surface area contributed by atoms with Crippen molar-refractivity contribution >= 4 is 23.3 Å². The molecule has 0 spiro atoms. The lowest BCUT2D eigenvalue weighted by molar-refractivity contribution is -0.125. The summed E-state index contributed by atoms with van der Waals surface area (Å²) in [7, 11) is 0. The van der Waals surface area contributed by atoms with Crippen molar-refractivity contribution < 1.29 is 14.4 Å². The number of hydrogen-bond donors (Lipinski definition) is 2. The van der Waals surface area contributed by atoms with Gasteiger partial charge in [0.2, 0.25) is 11.8 Å². The fourth-order valence-corrected chi connectivity index (χ4v) is 2.37. The van der Waals surface area contributed by atoms with E-state index in [1.54, 1.807) is 24.3 Å². The van der Waals surface area contributed by atoms with E-state index in [0.717, 1.165) is 0 Å². The van der Waals surface area contributed by atoms with Crippen LogP contribution >= 0.6 is 0 Å². The lowest BCUT2D eigenvalue weighted by Crippen LogP contribution is -2.35. The highest BCUT2D eigenvalue weighted by Crippen LogP contribution is 2.24. The molecule has 0 bridgehead atoms. The van der Waals surface area contributed by atoms with E-state index in [1.165, 1.54) is 6.92 Å². The second kappa shape index (κ2) is 6.35. The topological polar surface area (TPSA) is 75.3 Å². The molecule has 2 N–H and O–H groups in total. The lowest BCUT2D eigenvalue weighted by atomic mass is 9.90. The van der Waals surface area contributed by atoms with Crippen molar-refractivity contribution in [2.45, 2.75) is 26.2 Å². The van der Waals surface area contributed by atoms with Crippen molar-refractivity contribution in [2.24, 2.45) is 5.92 Å². The van der Waals surface area contributed by atoms with Crippen LogP contribution in [0.4, 0.5) is 5.69 Å². The number of Topliss-reactive ketones (excluding diaryl/α,β-unsaturated/α-hetero) is 1. The van der Waals surface area contributed by atoms with Gasteiger partial charge in [0.25, 0.3) is 0 Å². The third kappa shape index (κ3) is 3.78. The van der Waals surface area contributed by atoms with Crippen molar-refractivity contribution in [3.05, 3.63) is 42.1 Å². The van der Waals surface area contributed by atoms with Crippen molar-refractivity contribution in [3.8, 4) is 0 Å². The number of amides is 2. The summed E-state index contributed by atoms with van der Waals surface area (Å²) in [6.07, 6.45) is 1.45. The minimum Gasteiger partial charge on any atom is -0.330 e. The number of rotatable bonds is 4. The Morgan fingerprint density at radius 2 is 2.10 bits per heavy atom. The lowest BCUT2D eigenvalue weighted by Gasteiger charge is -2.23. The van der Waals surface area contributed by atoms with Gasteiger partial charge in [0, 0.05) is 30.5 Å². The van der Waals surface area contributed by atoms with Gasteiger partial charge in [-0.25, -0.2) is 0 Å². The van der Waals surface area contributed by atoms with Crippen molar-refractivity contribution in [3.63, 3.8) is 0 Å². The maximum absolute atomic E-state index is 12.4. The van der Waals surface area contributed by atoms with Gasteiger partial charge in [-0.3, -0.25) is 14.4 Å². The Bertz CT molecular complexity index is 607. The molecule has 1 atom stereocenters. The standard InChI is InChI=1S/C16H18N2O3/c1-10-7-8-12(16(21)17-10)9-15(20)13-5-3-4-6-14(13)18-11(2)19/h3-6,12H,1,7-9H2,2H3,(H,17,21)(H,18,19). The molecule has 2 amide bonds. The Hall–Kier alpha value is -2.43. The highest BCUT2D eigenvalue weighted by molar-refractivity contribution is 6.05. The largest absolute Gasteiger partial charge is 0.330 e. The Balaban J connectivity index is 2.12. The Morgan fingerprint density at radius 3 is 2.76 bits per heavy atom. The van der Waals surface area contributed by atoms with Crippen molar-refractivity contribution in [1.29, 1.82) is 0 Å². The van der Waals surface area contributed by atoms with Gasteiger partial charge in [-0.2, -0.15) is 0 Å². The molecule has 0 aliphatic carbocycles. The zero-order chi connectivity index (χ0) is 15.4. The zero-order valence-corrected chi connectivity index (χ0v) is 11.9. The van der Waals surface area contributed by atoms with E-state index in [1.807, 2.05) is 0 Å². The Morgan fingerprint density at radius 1 is 1.38 bits per heavy atom. The quantitative estimate of drug-likeness (QED) is 0.834. The molecular weight excluding hydrogens is 268 g/mol. The normalized spacial score (nSPS) is 18.0. The molecule has 0 aromatic heterocycles. The molecule has 5 nitrogen and oxygen atoms in total. The first kappa shape index (κ1) is 15.0. The fraction of sp³-hybridized carbons (Fsp3) is 0.312. The first-order valence-corrected chi connectivity index (χ1v) is 6.86. The number of piperidine rings is 1. The maximum Gasteiger partial charge on any atom is 0.227 e. The molecule has 21 heavy (non-hydrogen) atoms. The third-order valence-corrected chi connectivity index (χ3v) is 3.44. The molecule has 0 saturated carbocycles. The Labute approximate surface area is 123 Å². The summed E-state index contributed by atoms with van der Waals surface area (Å²) in [5.41, 5.74) is 1.61. The first-order valence-electron chi connectivity index (χ1n) is 6.86. The number of carbonyl (C=O) groups is 3. The van der Waals surface area contributed by atoms with Gasteiger partial charge in [-0.1, -0.05) is 18.7 Å². The van der Waals surface area contributed by atoms with Crippen LogP contribution in [0.2, 0.25) is 0 Å². The molecule has 1 aromatic carbocycles. The van der Waals surface area contributed by atoms with Crippen LogP contribution in [-0.2, 0) is 9.59 Å². The van der Waals surface area contributed by atoms with Crippen LogP contribution in [0, 0.1) is 5.92 Å². The summed E-state index contributed by atoms with van der Waals surface area (Å²) < 4.78 is 0. The van der Waals surface area contributed by atoms with Crippen LogP contribution in [-0.4, -0.2) is 17.6 Å². The van der Waals surface area contributed by atoms with Gasteiger partial charge >= 0.3 is 0 Å². The fourth-order valence-electron chi connectivity index (χ4n) is 2.37. The highest BCUT2D eigenvalue weighted by atomic mass is 16.2. The monoisotopic (exact) mass is 286 g/mol. The number of nitrogens with one attached hydrogen (secondary N) is 2. The molecule has 0 radical (unpaired) electrons. The van der Waals surface area contributed by atoms with E-state index in [-0.39, 0.29) is 29.9 Å². The third-order valence-electron chi connectivity index (χ3n) is 3.44. The number of ketones is 1. The second-order valence-electron chi connectivity index (χ2n) is 5.18. The molecular formula is C16H18N2O3. The van der Waals surface area contributed by atoms with Gasteiger partial charge in [-0.05, 0) is 25.0 Å². The van der Waals surface area contributed by atoms with Gasteiger partial charge in [0.05, 0.1) is 5.69 Å². The number of benzene rings is 1. The van der Waals surface area contributed by atoms with E-state index in [4.69, 9.17) is 0 Å². The summed E-state index contributed by atoms with van der Waals surface area (Å²) in [5, 5.41) is 5.31. The van der Waals surface area contributed by atoms with Crippen LogP contribution in [0.1, 0.15) is 36.5 Å². The Kier molecular flexibility index (Phi) is 4.52. The average Bonchev–Trinajstić information content (AvgIpc) is 2.42. The minimum atomic E-state index is -0.339. The summed E-state index contributed by atoms with van der Waals surface area (Å²) >= 11 is 0. The number of allylic oxidation sites excluding steroid dienone is 1. The number of carbonyl (C=O) groups excluding carboxylic acids is 3. The zero-order valence-electron chi connectivity index (χ0n) is 11.9. The number of para-hydroxylation sites is 1. The molecule has 110 valence electrons. The van der Waals surface area contributed by atoms with Crippen LogP contribution in [0.5, 0.6) is 0 Å². The summed E-state index contributed by atoms with van der Waals surface area (Å²) in [4.78, 5) is 35.4. The minimum absolute atomic E-state index is 0.135. The van der Waals surface area contributed by atoms with Gasteiger partial charge < -0.3 is 10.6 Å². The first-order chi connectivity index (χ1) is 9.97. The van der Waals surface area contributed by atoms with E-state index in [0.29, 0.717) is 29.8 Å².